The molecule has 3 aliphatic rings. The molecule has 53 heavy (non-hydrogen) atoms. The van der Waals surface area contributed by atoms with Gasteiger partial charge in [-0.1, -0.05) is 86.7 Å². The third-order valence-corrected chi connectivity index (χ3v) is 11.4. The molecule has 266 valence electrons. The predicted molar refractivity (Wildman–Crippen MR) is 213 cm³/mol. The first-order chi connectivity index (χ1) is 25.9. The van der Waals surface area contributed by atoms with Crippen LogP contribution in [0.15, 0.2) is 115 Å². The van der Waals surface area contributed by atoms with Crippen LogP contribution in [0.4, 0.5) is 5.69 Å². The van der Waals surface area contributed by atoms with Crippen molar-refractivity contribution >= 4 is 22.5 Å². The summed E-state index contributed by atoms with van der Waals surface area (Å²) in [6.45, 7) is 7.67. The molecule has 1 saturated heterocycles. The minimum atomic E-state index is -0.932. The summed E-state index contributed by atoms with van der Waals surface area (Å²) in [5, 5.41) is 2.16. The number of morpholine rings is 1. The van der Waals surface area contributed by atoms with Crippen molar-refractivity contribution in [2.24, 2.45) is 0 Å². The molecule has 2 aliphatic heterocycles. The smallest absolute Gasteiger partial charge is 0.178 e. The Morgan fingerprint density at radius 1 is 0.660 bits per heavy atom. The Morgan fingerprint density at radius 2 is 1.32 bits per heavy atom. The van der Waals surface area contributed by atoms with E-state index < -0.39 is 5.60 Å². The third kappa shape index (κ3) is 5.19. The first kappa shape index (κ1) is 33.1. The van der Waals surface area contributed by atoms with Crippen LogP contribution in [0, 0.1) is 0 Å². The predicted octanol–water partition coefficient (Wildman–Crippen LogP) is 10.0. The number of benzene rings is 6. The van der Waals surface area contributed by atoms with Crippen molar-refractivity contribution in [2.75, 3.05) is 52.5 Å². The highest BCUT2D eigenvalue weighted by molar-refractivity contribution is 6.10. The molecule has 0 unspecified atom stereocenters. The lowest BCUT2D eigenvalue weighted by Crippen LogP contribution is -2.36. The number of methoxy groups -OCH3 is 3. The molecule has 0 bridgehead atoms. The Kier molecular flexibility index (Phi) is 7.97. The maximum atomic E-state index is 7.59. The molecular formula is C47H43NO5. The van der Waals surface area contributed by atoms with Crippen molar-refractivity contribution in [1.29, 1.82) is 0 Å². The van der Waals surface area contributed by atoms with Crippen LogP contribution in [-0.4, -0.2) is 47.6 Å². The Morgan fingerprint density at radius 3 is 1.94 bits per heavy atom. The second kappa shape index (κ2) is 12.7. The lowest BCUT2D eigenvalue weighted by molar-refractivity contribution is 0.122. The van der Waals surface area contributed by atoms with Crippen molar-refractivity contribution in [3.63, 3.8) is 0 Å². The van der Waals surface area contributed by atoms with Crippen LogP contribution in [0.2, 0.25) is 0 Å². The fraction of sp³-hybridized carbons (Fsp3) is 0.234. The van der Waals surface area contributed by atoms with E-state index in [9.17, 15) is 0 Å². The summed E-state index contributed by atoms with van der Waals surface area (Å²) >= 11 is 0. The number of anilines is 1. The summed E-state index contributed by atoms with van der Waals surface area (Å²) in [4.78, 5) is 2.38. The zero-order chi connectivity index (χ0) is 36.3. The summed E-state index contributed by atoms with van der Waals surface area (Å²) in [6, 6.07) is 38.5. The van der Waals surface area contributed by atoms with Crippen molar-refractivity contribution in [2.45, 2.75) is 24.9 Å². The molecule has 6 nitrogen and oxygen atoms in total. The lowest BCUT2D eigenvalue weighted by Gasteiger charge is -2.39. The molecule has 6 aromatic rings. The molecule has 0 aromatic heterocycles. The van der Waals surface area contributed by atoms with Crippen molar-refractivity contribution in [1.82, 2.24) is 0 Å². The van der Waals surface area contributed by atoms with E-state index in [1.165, 1.54) is 33.4 Å². The van der Waals surface area contributed by atoms with Gasteiger partial charge in [0.25, 0.3) is 0 Å². The van der Waals surface area contributed by atoms with Crippen molar-refractivity contribution in [3.05, 3.63) is 143 Å². The molecule has 0 radical (unpaired) electrons. The van der Waals surface area contributed by atoms with E-state index >= 15 is 0 Å². The maximum absolute atomic E-state index is 7.59. The molecule has 0 amide bonds. The number of hydrogen-bond acceptors (Lipinski definition) is 6. The average molecular weight is 702 g/mol. The minimum absolute atomic E-state index is 0.319. The van der Waals surface area contributed by atoms with Gasteiger partial charge >= 0.3 is 0 Å². The molecule has 0 saturated carbocycles. The molecule has 2 heterocycles. The highest BCUT2D eigenvalue weighted by Gasteiger charge is 2.45. The van der Waals surface area contributed by atoms with Gasteiger partial charge in [0.05, 0.1) is 40.2 Å². The van der Waals surface area contributed by atoms with Gasteiger partial charge in [-0.05, 0) is 87.3 Å². The summed E-state index contributed by atoms with van der Waals surface area (Å²) < 4.78 is 30.7. The fourth-order valence-electron chi connectivity index (χ4n) is 8.68. The highest BCUT2D eigenvalue weighted by Crippen LogP contribution is 2.59. The Labute approximate surface area is 311 Å². The molecule has 0 N–H and O–H groups in total. The first-order valence-electron chi connectivity index (χ1n) is 18.3. The Hall–Kier alpha value is -5.72. The van der Waals surface area contributed by atoms with E-state index in [0.29, 0.717) is 13.2 Å². The van der Waals surface area contributed by atoms with Crippen LogP contribution in [0.3, 0.4) is 0 Å². The average Bonchev–Trinajstić information content (AvgIpc) is 3.46. The lowest BCUT2D eigenvalue weighted by atomic mass is 9.76. The fourth-order valence-corrected chi connectivity index (χ4v) is 8.68. The van der Waals surface area contributed by atoms with Gasteiger partial charge in [0.2, 0.25) is 0 Å². The summed E-state index contributed by atoms with van der Waals surface area (Å²) in [7, 11) is 5.14. The molecule has 6 heteroatoms. The molecule has 1 aliphatic carbocycles. The summed E-state index contributed by atoms with van der Waals surface area (Å²) in [6.07, 6.45) is 4.51. The molecule has 0 spiro atoms. The Balaban J connectivity index is 1.33. The van der Waals surface area contributed by atoms with Gasteiger partial charge in [0.15, 0.2) is 5.60 Å². The number of ether oxygens (including phenoxy) is 5. The van der Waals surface area contributed by atoms with Crippen LogP contribution in [0.1, 0.15) is 41.7 Å². The molecular weight excluding hydrogens is 659 g/mol. The van der Waals surface area contributed by atoms with Crippen LogP contribution in [-0.2, 0) is 15.8 Å². The van der Waals surface area contributed by atoms with Gasteiger partial charge in [-0.3, -0.25) is 0 Å². The van der Waals surface area contributed by atoms with E-state index in [-0.39, 0.29) is 5.41 Å². The van der Waals surface area contributed by atoms with Crippen LogP contribution < -0.4 is 23.8 Å². The van der Waals surface area contributed by atoms with Gasteiger partial charge in [-0.25, -0.2) is 0 Å². The van der Waals surface area contributed by atoms with Crippen molar-refractivity contribution < 1.29 is 23.7 Å². The second-order valence-electron chi connectivity index (χ2n) is 14.5. The van der Waals surface area contributed by atoms with Crippen LogP contribution in [0.5, 0.6) is 23.0 Å². The zero-order valence-corrected chi connectivity index (χ0v) is 30.9. The molecule has 0 atom stereocenters. The van der Waals surface area contributed by atoms with E-state index in [0.717, 1.165) is 69.2 Å². The van der Waals surface area contributed by atoms with E-state index in [4.69, 9.17) is 23.7 Å². The van der Waals surface area contributed by atoms with Gasteiger partial charge in [0.1, 0.15) is 23.0 Å². The maximum Gasteiger partial charge on any atom is 0.178 e. The standard InChI is InChI=1S/C47H43NO5/c1-46(2)40-27-31(30-9-7-6-8-10-30)11-20-36(40)43-38-28-41(48-23-25-52-26-24-48)42(51-5)29-39(38)45-37(44(43)46)21-22-47(53-45,32-12-16-34(49-3)17-13-32)33-14-18-35(50-4)19-15-33/h6-22,27-29H,23-26H2,1-5H3. The zero-order valence-electron chi connectivity index (χ0n) is 30.9. The highest BCUT2D eigenvalue weighted by atomic mass is 16.5. The van der Waals surface area contributed by atoms with Gasteiger partial charge in [-0.2, -0.15) is 0 Å². The number of fused-ring (bicyclic) bond motifs is 8. The summed E-state index contributed by atoms with van der Waals surface area (Å²) in [5.74, 6) is 3.23. The van der Waals surface area contributed by atoms with Gasteiger partial charge in [0, 0.05) is 40.6 Å². The van der Waals surface area contributed by atoms with Gasteiger partial charge < -0.3 is 28.6 Å². The van der Waals surface area contributed by atoms with Crippen molar-refractivity contribution in [3.8, 4) is 45.3 Å². The second-order valence-corrected chi connectivity index (χ2v) is 14.5. The Bertz CT molecular complexity index is 2330. The number of nitrogens with zero attached hydrogens (tertiary/aromatic N) is 1. The van der Waals surface area contributed by atoms with Gasteiger partial charge in [-0.15, -0.1) is 0 Å². The summed E-state index contributed by atoms with van der Waals surface area (Å²) in [5.41, 5.74) is 10.4. The topological polar surface area (TPSA) is 49.4 Å². The van der Waals surface area contributed by atoms with E-state index in [1.54, 1.807) is 21.3 Å². The number of rotatable bonds is 7. The van der Waals surface area contributed by atoms with Crippen LogP contribution >= 0.6 is 0 Å². The minimum Gasteiger partial charge on any atom is -0.497 e. The molecule has 9 rings (SSSR count). The SMILES string of the molecule is COc1ccc(C2(c3ccc(OC)cc3)C=Cc3c4c(c5cc(N6CCOCC6)c(OC)cc5c3O2)-c2ccc(-c3ccccc3)cc2C4(C)C)cc1. The quantitative estimate of drug-likeness (QED) is 0.165. The normalized spacial score (nSPS) is 16.4. The molecule has 1 fully saturated rings. The van der Waals surface area contributed by atoms with E-state index in [2.05, 4.69) is 116 Å². The largest absolute Gasteiger partial charge is 0.497 e. The third-order valence-electron chi connectivity index (χ3n) is 11.4. The first-order valence-corrected chi connectivity index (χ1v) is 18.3. The van der Waals surface area contributed by atoms with E-state index in [1.807, 2.05) is 24.3 Å². The number of hydrogen-bond donors (Lipinski definition) is 0. The molecule has 6 aromatic carbocycles. The monoisotopic (exact) mass is 701 g/mol. The van der Waals surface area contributed by atoms with Crippen LogP contribution in [0.25, 0.3) is 39.1 Å².